The summed E-state index contributed by atoms with van der Waals surface area (Å²) in [5, 5.41) is 9.62. The van der Waals surface area contributed by atoms with Crippen LogP contribution in [0.3, 0.4) is 0 Å². The Bertz CT molecular complexity index is 777. The standard InChI is InChI=1S/C50H99NO9/c1-5-9-13-17-21-27-43-57-49(58-44-28-22-18-14-10-6-2)35-33-47(53)55-41-31-25-37-51(39-40-52)38-26-32-42-56-48(54)34-36-50(59-45-29-23-19-15-11-7-3)60-46-30-24-20-16-12-8-4/h49-50,52H,5-46H2,1-4H3. The Hall–Kier alpha value is -1.30. The maximum Gasteiger partial charge on any atom is 0.305 e. The molecule has 0 unspecified atom stereocenters. The smallest absolute Gasteiger partial charge is 0.305 e. The van der Waals surface area contributed by atoms with E-state index >= 15 is 0 Å². The third kappa shape index (κ3) is 43.4. The molecule has 0 rings (SSSR count). The normalized spacial score (nSPS) is 11.7. The van der Waals surface area contributed by atoms with Gasteiger partial charge in [-0.3, -0.25) is 9.59 Å². The fourth-order valence-corrected chi connectivity index (χ4v) is 7.16. The lowest BCUT2D eigenvalue weighted by molar-refractivity contribution is -0.159. The summed E-state index contributed by atoms with van der Waals surface area (Å²) in [4.78, 5) is 27.4. The quantitative estimate of drug-likeness (QED) is 0.0360. The van der Waals surface area contributed by atoms with Gasteiger partial charge in [-0.1, -0.05) is 156 Å². The van der Waals surface area contributed by atoms with E-state index in [-0.39, 0.29) is 31.1 Å². The third-order valence-electron chi connectivity index (χ3n) is 11.1. The Morgan fingerprint density at radius 3 is 0.967 bits per heavy atom. The summed E-state index contributed by atoms with van der Waals surface area (Å²) in [7, 11) is 0. The van der Waals surface area contributed by atoms with E-state index in [9.17, 15) is 14.7 Å². The topological polar surface area (TPSA) is 113 Å². The van der Waals surface area contributed by atoms with Crippen molar-refractivity contribution in [2.75, 3.05) is 65.9 Å². The highest BCUT2D eigenvalue weighted by Crippen LogP contribution is 2.14. The summed E-state index contributed by atoms with van der Waals surface area (Å²) in [6, 6.07) is 0. The Kier molecular flexibility index (Phi) is 47.7. The van der Waals surface area contributed by atoms with Crippen molar-refractivity contribution in [2.24, 2.45) is 0 Å². The lowest BCUT2D eigenvalue weighted by atomic mass is 10.1. The summed E-state index contributed by atoms with van der Waals surface area (Å²) >= 11 is 0. The van der Waals surface area contributed by atoms with Gasteiger partial charge >= 0.3 is 11.9 Å². The first-order valence-corrected chi connectivity index (χ1v) is 25.6. The monoisotopic (exact) mass is 858 g/mol. The van der Waals surface area contributed by atoms with Crippen molar-refractivity contribution in [2.45, 2.75) is 246 Å². The average molecular weight is 858 g/mol. The fraction of sp³-hybridized carbons (Fsp3) is 0.960. The highest BCUT2D eigenvalue weighted by atomic mass is 16.7. The van der Waals surface area contributed by atoms with Crippen molar-refractivity contribution in [1.82, 2.24) is 4.90 Å². The van der Waals surface area contributed by atoms with E-state index in [0.717, 1.165) is 64.5 Å². The van der Waals surface area contributed by atoms with Gasteiger partial charge in [0.25, 0.3) is 0 Å². The van der Waals surface area contributed by atoms with Gasteiger partial charge in [0.15, 0.2) is 12.6 Å². The number of hydrogen-bond donors (Lipinski definition) is 1. The first kappa shape index (κ1) is 58.7. The molecule has 60 heavy (non-hydrogen) atoms. The number of nitrogens with zero attached hydrogens (tertiary/aromatic N) is 1. The summed E-state index contributed by atoms with van der Waals surface area (Å²) in [5.41, 5.74) is 0. The fourth-order valence-electron chi connectivity index (χ4n) is 7.16. The van der Waals surface area contributed by atoms with Crippen LogP contribution in [0.5, 0.6) is 0 Å². The van der Waals surface area contributed by atoms with Gasteiger partial charge in [-0.15, -0.1) is 0 Å². The van der Waals surface area contributed by atoms with Gasteiger partial charge in [0, 0.05) is 45.8 Å². The molecule has 0 spiro atoms. The predicted octanol–water partition coefficient (Wildman–Crippen LogP) is 12.6. The number of ether oxygens (including phenoxy) is 6. The van der Waals surface area contributed by atoms with Gasteiger partial charge in [-0.2, -0.15) is 0 Å². The first-order chi connectivity index (χ1) is 29.5. The molecule has 0 aromatic carbocycles. The molecule has 0 radical (unpaired) electrons. The van der Waals surface area contributed by atoms with Crippen LogP contribution in [0.15, 0.2) is 0 Å². The number of rotatable bonds is 50. The third-order valence-corrected chi connectivity index (χ3v) is 11.1. The highest BCUT2D eigenvalue weighted by molar-refractivity contribution is 5.69. The van der Waals surface area contributed by atoms with Crippen molar-refractivity contribution in [3.63, 3.8) is 0 Å². The SMILES string of the molecule is CCCCCCCCOC(CCC(=O)OCCCCN(CCO)CCCCOC(=O)CCC(OCCCCCCCC)OCCCCCCCC)OCCCCCCCC. The largest absolute Gasteiger partial charge is 0.466 e. The Morgan fingerprint density at radius 2 is 0.667 bits per heavy atom. The molecule has 0 aromatic rings. The number of aliphatic hydroxyl groups excluding tert-OH is 1. The molecule has 0 aliphatic heterocycles. The van der Waals surface area contributed by atoms with Crippen molar-refractivity contribution in [3.05, 3.63) is 0 Å². The zero-order valence-corrected chi connectivity index (χ0v) is 40.0. The minimum Gasteiger partial charge on any atom is -0.466 e. The van der Waals surface area contributed by atoms with Crippen LogP contribution in [0.2, 0.25) is 0 Å². The Balaban J connectivity index is 4.36. The van der Waals surface area contributed by atoms with Crippen molar-refractivity contribution in [1.29, 1.82) is 0 Å². The molecule has 0 saturated heterocycles. The van der Waals surface area contributed by atoms with Crippen molar-refractivity contribution in [3.8, 4) is 0 Å². The van der Waals surface area contributed by atoms with Crippen LogP contribution in [0.1, 0.15) is 233 Å². The van der Waals surface area contributed by atoms with Gasteiger partial charge in [-0.05, 0) is 64.5 Å². The van der Waals surface area contributed by atoms with Crippen LogP contribution in [0, 0.1) is 0 Å². The summed E-state index contributed by atoms with van der Waals surface area (Å²) < 4.78 is 35.4. The lowest BCUT2D eigenvalue weighted by Gasteiger charge is -2.21. The summed E-state index contributed by atoms with van der Waals surface area (Å²) in [6.07, 6.45) is 33.3. The summed E-state index contributed by atoms with van der Waals surface area (Å²) in [5.74, 6) is -0.407. The Morgan fingerprint density at radius 1 is 0.383 bits per heavy atom. The molecular weight excluding hydrogens is 759 g/mol. The van der Waals surface area contributed by atoms with E-state index in [1.807, 2.05) is 0 Å². The van der Waals surface area contributed by atoms with Crippen LogP contribution in [0.4, 0.5) is 0 Å². The van der Waals surface area contributed by atoms with E-state index in [4.69, 9.17) is 28.4 Å². The number of aliphatic hydroxyl groups is 1. The molecule has 0 saturated carbocycles. The van der Waals surface area contributed by atoms with Gasteiger partial charge in [0.1, 0.15) is 0 Å². The summed E-state index contributed by atoms with van der Waals surface area (Å²) in [6.45, 7) is 14.7. The van der Waals surface area contributed by atoms with Crippen LogP contribution in [0.25, 0.3) is 0 Å². The van der Waals surface area contributed by atoms with Gasteiger partial charge in [-0.25, -0.2) is 0 Å². The molecule has 0 bridgehead atoms. The maximum absolute atomic E-state index is 12.6. The van der Waals surface area contributed by atoms with Gasteiger partial charge in [0.05, 0.1) is 32.7 Å². The number of hydrogen-bond acceptors (Lipinski definition) is 10. The van der Waals surface area contributed by atoms with E-state index in [2.05, 4.69) is 32.6 Å². The van der Waals surface area contributed by atoms with E-state index in [1.165, 1.54) is 128 Å². The molecule has 0 amide bonds. The zero-order chi connectivity index (χ0) is 43.8. The molecule has 10 nitrogen and oxygen atoms in total. The molecule has 0 aliphatic rings. The molecule has 10 heteroatoms. The number of esters is 2. The van der Waals surface area contributed by atoms with Gasteiger partial charge < -0.3 is 38.4 Å². The molecule has 1 N–H and O–H groups in total. The number of unbranched alkanes of at least 4 members (excludes halogenated alkanes) is 22. The molecule has 0 fully saturated rings. The molecule has 358 valence electrons. The van der Waals surface area contributed by atoms with Gasteiger partial charge in [0.2, 0.25) is 0 Å². The van der Waals surface area contributed by atoms with Crippen molar-refractivity contribution >= 4 is 11.9 Å². The molecule has 0 aliphatic carbocycles. The van der Waals surface area contributed by atoms with Crippen LogP contribution in [-0.4, -0.2) is 100 Å². The second-order valence-electron chi connectivity index (χ2n) is 16.9. The van der Waals surface area contributed by atoms with E-state index in [0.29, 0.717) is 71.9 Å². The van der Waals surface area contributed by atoms with Crippen LogP contribution < -0.4 is 0 Å². The first-order valence-electron chi connectivity index (χ1n) is 25.6. The predicted molar refractivity (Wildman–Crippen MR) is 247 cm³/mol. The minimum atomic E-state index is -0.356. The van der Waals surface area contributed by atoms with E-state index < -0.39 is 0 Å². The molecular formula is C50H99NO9. The lowest BCUT2D eigenvalue weighted by Crippen LogP contribution is -2.29. The Labute approximate surface area is 370 Å². The number of carbonyl (C=O) groups excluding carboxylic acids is 2. The van der Waals surface area contributed by atoms with Crippen LogP contribution >= 0.6 is 0 Å². The molecule has 0 heterocycles. The maximum atomic E-state index is 12.6. The number of carbonyl (C=O) groups is 2. The van der Waals surface area contributed by atoms with E-state index in [1.54, 1.807) is 0 Å². The second kappa shape index (κ2) is 48.7. The minimum absolute atomic E-state index is 0.0933. The second-order valence-corrected chi connectivity index (χ2v) is 16.9. The zero-order valence-electron chi connectivity index (χ0n) is 40.0. The van der Waals surface area contributed by atoms with Crippen molar-refractivity contribution < 1.29 is 43.1 Å². The van der Waals surface area contributed by atoms with Crippen LogP contribution in [-0.2, 0) is 38.0 Å². The highest BCUT2D eigenvalue weighted by Gasteiger charge is 2.15. The molecule has 0 atom stereocenters. The average Bonchev–Trinajstić information content (AvgIpc) is 3.25. The molecule has 0 aromatic heterocycles.